The van der Waals surface area contributed by atoms with Gasteiger partial charge >= 0.3 is 0 Å². The average molecular weight is 277 g/mol. The molecule has 0 bridgehead atoms. The standard InChI is InChI=1S/C10H13BrO2S/c1-2-13-10(12)7-5-6(7)8-3-4-9(11)14-8/h3-4,6-7,10,12H,2,5H2,1H3/t6-,7-,10?/m0/s1. The van der Waals surface area contributed by atoms with E-state index in [4.69, 9.17) is 4.74 Å². The van der Waals surface area contributed by atoms with Crippen molar-refractivity contribution in [1.82, 2.24) is 0 Å². The molecule has 1 N–H and O–H groups in total. The SMILES string of the molecule is CCOC(O)[C@H]1C[C@@H]1c1ccc(Br)s1. The second-order valence-corrected chi connectivity index (χ2v) is 5.99. The number of thiophene rings is 1. The molecule has 1 aromatic heterocycles. The van der Waals surface area contributed by atoms with Gasteiger partial charge in [0.25, 0.3) is 0 Å². The molecule has 0 aromatic carbocycles. The van der Waals surface area contributed by atoms with E-state index >= 15 is 0 Å². The highest BCUT2D eigenvalue weighted by Crippen LogP contribution is 2.52. The number of halogens is 1. The lowest BCUT2D eigenvalue weighted by molar-refractivity contribution is -0.109. The predicted octanol–water partition coefficient (Wildman–Crippen LogP) is 2.97. The Morgan fingerprint density at radius 3 is 3.07 bits per heavy atom. The van der Waals surface area contributed by atoms with Crippen LogP contribution in [0, 0.1) is 5.92 Å². The van der Waals surface area contributed by atoms with Crippen LogP contribution in [0.4, 0.5) is 0 Å². The van der Waals surface area contributed by atoms with Gasteiger partial charge in [-0.25, -0.2) is 0 Å². The van der Waals surface area contributed by atoms with Crippen molar-refractivity contribution in [1.29, 1.82) is 0 Å². The third kappa shape index (κ3) is 2.19. The molecule has 2 rings (SSSR count). The van der Waals surface area contributed by atoms with Crippen LogP contribution in [-0.4, -0.2) is 18.0 Å². The van der Waals surface area contributed by atoms with E-state index in [-0.39, 0.29) is 0 Å². The zero-order chi connectivity index (χ0) is 10.1. The Hall–Kier alpha value is 0.1000. The highest BCUT2D eigenvalue weighted by Gasteiger charge is 2.44. The van der Waals surface area contributed by atoms with Gasteiger partial charge in [-0.05, 0) is 41.4 Å². The number of aliphatic hydroxyl groups excluding tert-OH is 1. The molecule has 0 amide bonds. The van der Waals surface area contributed by atoms with Crippen LogP contribution >= 0.6 is 27.3 Å². The summed E-state index contributed by atoms with van der Waals surface area (Å²) in [5.74, 6) is 0.813. The summed E-state index contributed by atoms with van der Waals surface area (Å²) in [6.07, 6.45) is 0.472. The average Bonchev–Trinajstić information content (AvgIpc) is 2.84. The third-order valence-corrected chi connectivity index (χ3v) is 4.26. The fourth-order valence-electron chi connectivity index (χ4n) is 1.68. The van der Waals surface area contributed by atoms with E-state index in [0.29, 0.717) is 18.4 Å². The predicted molar refractivity (Wildman–Crippen MR) is 60.5 cm³/mol. The highest BCUT2D eigenvalue weighted by atomic mass is 79.9. The van der Waals surface area contributed by atoms with Crippen molar-refractivity contribution in [2.75, 3.05) is 6.61 Å². The quantitative estimate of drug-likeness (QED) is 0.857. The minimum Gasteiger partial charge on any atom is -0.368 e. The van der Waals surface area contributed by atoms with E-state index in [1.54, 1.807) is 11.3 Å². The maximum Gasteiger partial charge on any atom is 0.157 e. The molecule has 0 spiro atoms. The monoisotopic (exact) mass is 276 g/mol. The molecule has 0 aliphatic heterocycles. The fraction of sp³-hybridized carbons (Fsp3) is 0.600. The molecule has 1 fully saturated rings. The van der Waals surface area contributed by atoms with Gasteiger partial charge in [-0.2, -0.15) is 0 Å². The molecule has 1 aliphatic carbocycles. The van der Waals surface area contributed by atoms with Gasteiger partial charge in [0.15, 0.2) is 6.29 Å². The second-order valence-electron chi connectivity index (χ2n) is 3.49. The minimum absolute atomic E-state index is 0.306. The van der Waals surface area contributed by atoms with Crippen LogP contribution in [0.15, 0.2) is 15.9 Å². The van der Waals surface area contributed by atoms with Crippen molar-refractivity contribution in [3.8, 4) is 0 Å². The molecule has 1 unspecified atom stereocenters. The van der Waals surface area contributed by atoms with E-state index in [1.807, 2.05) is 6.92 Å². The molecule has 3 atom stereocenters. The van der Waals surface area contributed by atoms with Crippen LogP contribution in [0.5, 0.6) is 0 Å². The maximum absolute atomic E-state index is 9.60. The van der Waals surface area contributed by atoms with Crippen molar-refractivity contribution in [3.05, 3.63) is 20.8 Å². The number of hydrogen-bond donors (Lipinski definition) is 1. The lowest BCUT2D eigenvalue weighted by atomic mass is 10.2. The molecule has 1 aliphatic rings. The van der Waals surface area contributed by atoms with E-state index < -0.39 is 6.29 Å². The molecular formula is C10H13BrO2S. The molecule has 78 valence electrons. The summed E-state index contributed by atoms with van der Waals surface area (Å²) in [6.45, 7) is 2.49. The van der Waals surface area contributed by atoms with Gasteiger partial charge < -0.3 is 9.84 Å². The van der Waals surface area contributed by atoms with Crippen molar-refractivity contribution < 1.29 is 9.84 Å². The largest absolute Gasteiger partial charge is 0.368 e. The van der Waals surface area contributed by atoms with Crippen LogP contribution in [0.25, 0.3) is 0 Å². The Morgan fingerprint density at radius 2 is 2.50 bits per heavy atom. The van der Waals surface area contributed by atoms with Crippen LogP contribution in [-0.2, 0) is 4.74 Å². The number of ether oxygens (including phenoxy) is 1. The summed E-state index contributed by atoms with van der Waals surface area (Å²) >= 11 is 5.19. The van der Waals surface area contributed by atoms with Crippen molar-refractivity contribution >= 4 is 27.3 Å². The molecule has 0 saturated heterocycles. The van der Waals surface area contributed by atoms with Gasteiger partial charge in [0.1, 0.15) is 0 Å². The lowest BCUT2D eigenvalue weighted by Gasteiger charge is -2.08. The second kappa shape index (κ2) is 4.31. The van der Waals surface area contributed by atoms with Gasteiger partial charge in [-0.15, -0.1) is 11.3 Å². The summed E-state index contributed by atoms with van der Waals surface area (Å²) in [5, 5.41) is 9.60. The molecule has 1 saturated carbocycles. The lowest BCUT2D eigenvalue weighted by Crippen LogP contribution is -2.14. The smallest absolute Gasteiger partial charge is 0.157 e. The first kappa shape index (κ1) is 10.6. The van der Waals surface area contributed by atoms with Crippen LogP contribution in [0.2, 0.25) is 0 Å². The van der Waals surface area contributed by atoms with E-state index in [2.05, 4.69) is 28.1 Å². The minimum atomic E-state index is -0.578. The summed E-state index contributed by atoms with van der Waals surface area (Å²) in [5.41, 5.74) is 0. The van der Waals surface area contributed by atoms with Gasteiger partial charge in [-0.1, -0.05) is 0 Å². The fourth-order valence-corrected chi connectivity index (χ4v) is 3.29. The molecule has 0 radical (unpaired) electrons. The summed E-state index contributed by atoms with van der Waals surface area (Å²) < 4.78 is 6.33. The topological polar surface area (TPSA) is 29.5 Å². The highest BCUT2D eigenvalue weighted by molar-refractivity contribution is 9.11. The molecular weight excluding hydrogens is 264 g/mol. The van der Waals surface area contributed by atoms with Crippen LogP contribution in [0.3, 0.4) is 0 Å². The maximum atomic E-state index is 9.60. The van der Waals surface area contributed by atoms with E-state index in [9.17, 15) is 5.11 Å². The Labute approximate surface area is 96.0 Å². The molecule has 4 heteroatoms. The number of rotatable bonds is 4. The van der Waals surface area contributed by atoms with Gasteiger partial charge in [0.2, 0.25) is 0 Å². The summed E-state index contributed by atoms with van der Waals surface area (Å²) in [4.78, 5) is 1.35. The van der Waals surface area contributed by atoms with Gasteiger partial charge in [-0.3, -0.25) is 0 Å². The number of aliphatic hydroxyl groups is 1. The Balaban J connectivity index is 1.92. The first-order valence-corrected chi connectivity index (χ1v) is 6.38. The van der Waals surface area contributed by atoms with E-state index in [0.717, 1.165) is 10.2 Å². The van der Waals surface area contributed by atoms with Crippen LogP contribution < -0.4 is 0 Å². The number of hydrogen-bond acceptors (Lipinski definition) is 3. The first-order valence-electron chi connectivity index (χ1n) is 4.77. The normalized spacial score (nSPS) is 27.6. The van der Waals surface area contributed by atoms with Crippen molar-refractivity contribution in [2.45, 2.75) is 25.6 Å². The zero-order valence-electron chi connectivity index (χ0n) is 7.94. The summed E-state index contributed by atoms with van der Waals surface area (Å²) in [6, 6.07) is 4.18. The van der Waals surface area contributed by atoms with Crippen molar-refractivity contribution in [3.63, 3.8) is 0 Å². The third-order valence-electron chi connectivity index (χ3n) is 2.50. The summed E-state index contributed by atoms with van der Waals surface area (Å²) in [7, 11) is 0. The molecule has 1 heterocycles. The van der Waals surface area contributed by atoms with Gasteiger partial charge in [0, 0.05) is 23.3 Å². The van der Waals surface area contributed by atoms with E-state index in [1.165, 1.54) is 4.88 Å². The van der Waals surface area contributed by atoms with Crippen molar-refractivity contribution in [2.24, 2.45) is 5.92 Å². The van der Waals surface area contributed by atoms with Crippen LogP contribution in [0.1, 0.15) is 24.1 Å². The molecule has 14 heavy (non-hydrogen) atoms. The first-order chi connectivity index (χ1) is 6.72. The molecule has 1 aromatic rings. The Morgan fingerprint density at radius 1 is 1.71 bits per heavy atom. The van der Waals surface area contributed by atoms with Gasteiger partial charge in [0.05, 0.1) is 3.79 Å². The molecule has 2 nitrogen and oxygen atoms in total. The Bertz CT molecular complexity index is 313. The Kier molecular flexibility index (Phi) is 3.27. The zero-order valence-corrected chi connectivity index (χ0v) is 10.3.